The number of aliphatic hydroxyl groups is 2. The van der Waals surface area contributed by atoms with Gasteiger partial charge in [0.2, 0.25) is 0 Å². The molecule has 1 aromatic carbocycles. The predicted octanol–water partition coefficient (Wildman–Crippen LogP) is 9.60. The molecule has 0 radical (unpaired) electrons. The van der Waals surface area contributed by atoms with Crippen molar-refractivity contribution in [2.75, 3.05) is 0 Å². The van der Waals surface area contributed by atoms with Gasteiger partial charge in [-0.15, -0.1) is 0 Å². The molecular weight excluding hydrogens is 628 g/mol. The fourth-order valence-electron chi connectivity index (χ4n) is 7.80. The minimum Gasteiger partial charge on any atom is -0.506 e. The molecule has 7 heteroatoms. The van der Waals surface area contributed by atoms with Crippen molar-refractivity contribution in [1.82, 2.24) is 0 Å². The molecule has 2 bridgehead atoms. The van der Waals surface area contributed by atoms with E-state index in [-0.39, 0.29) is 36.5 Å². The van der Waals surface area contributed by atoms with Gasteiger partial charge in [-0.3, -0.25) is 14.4 Å². The normalized spacial score (nSPS) is 26.6. The van der Waals surface area contributed by atoms with Crippen molar-refractivity contribution in [1.29, 1.82) is 0 Å². The number of fused-ring (bicyclic) bond motifs is 2. The van der Waals surface area contributed by atoms with Gasteiger partial charge in [-0.05, 0) is 136 Å². The number of ketones is 3. The van der Waals surface area contributed by atoms with E-state index in [0.29, 0.717) is 37.7 Å². The standard InChI is InChI=1S/C43H58O7/c1-26(2)12-11-21-41(10)32(16-13-30(9)14-17-33(44)29(7)8)25-42(22-19-27(3)4)38(48)36(37(47)31-15-18-34(45)35(46)24-31)39(49)43(41,40(42)50)23-20-28(5)6/h12-13,15,18-20,24,32-33,44-47H,7,11,14,16-17,21-23,25H2,1-6,8-10H3/b30-13+,37-36+/t32-,33-,41+,42+,43-/m1/s1. The summed E-state index contributed by atoms with van der Waals surface area (Å²) in [5, 5.41) is 42.4. The van der Waals surface area contributed by atoms with E-state index in [1.54, 1.807) is 6.92 Å². The van der Waals surface area contributed by atoms with Crippen LogP contribution in [0.5, 0.6) is 11.5 Å². The summed E-state index contributed by atoms with van der Waals surface area (Å²) in [6.45, 7) is 21.3. The van der Waals surface area contributed by atoms with E-state index in [9.17, 15) is 25.2 Å². The van der Waals surface area contributed by atoms with Gasteiger partial charge in [-0.1, -0.05) is 65.7 Å². The fourth-order valence-corrected chi connectivity index (χ4v) is 7.80. The molecule has 0 unspecified atom stereocenters. The molecule has 1 aromatic rings. The number of allylic oxidation sites excluding steroid dienone is 9. The van der Waals surface area contributed by atoms with Crippen LogP contribution in [0.1, 0.15) is 119 Å². The Bertz CT molecular complexity index is 1670. The molecule has 0 saturated heterocycles. The molecule has 0 aromatic heterocycles. The molecule has 2 aliphatic rings. The number of phenols is 2. The molecule has 0 heterocycles. The maximum Gasteiger partial charge on any atom is 0.184 e. The van der Waals surface area contributed by atoms with Gasteiger partial charge in [0, 0.05) is 5.56 Å². The average Bonchev–Trinajstić information content (AvgIpc) is 3.03. The lowest BCUT2D eigenvalue weighted by Gasteiger charge is -2.61. The highest BCUT2D eigenvalue weighted by Gasteiger charge is 2.74. The zero-order valence-electron chi connectivity index (χ0n) is 31.6. The minimum atomic E-state index is -1.67. The highest BCUT2D eigenvalue weighted by atomic mass is 16.3. The van der Waals surface area contributed by atoms with E-state index in [0.717, 1.165) is 28.4 Å². The molecule has 7 nitrogen and oxygen atoms in total. The van der Waals surface area contributed by atoms with Gasteiger partial charge < -0.3 is 20.4 Å². The van der Waals surface area contributed by atoms with Crippen LogP contribution in [0.3, 0.4) is 0 Å². The number of aliphatic hydroxyl groups excluding tert-OH is 2. The van der Waals surface area contributed by atoms with E-state index < -0.39 is 56.7 Å². The molecule has 2 aliphatic carbocycles. The summed E-state index contributed by atoms with van der Waals surface area (Å²) in [4.78, 5) is 45.6. The third-order valence-corrected chi connectivity index (χ3v) is 11.1. The van der Waals surface area contributed by atoms with E-state index in [4.69, 9.17) is 0 Å². The second-order valence-corrected chi connectivity index (χ2v) is 15.7. The van der Waals surface area contributed by atoms with Crippen LogP contribution in [0, 0.1) is 22.2 Å². The van der Waals surface area contributed by atoms with Crippen LogP contribution >= 0.6 is 0 Å². The first-order chi connectivity index (χ1) is 23.2. The number of carbonyl (C=O) groups excluding carboxylic acids is 3. The molecule has 4 N–H and O–H groups in total. The molecule has 0 amide bonds. The van der Waals surface area contributed by atoms with Gasteiger partial charge in [0.1, 0.15) is 16.7 Å². The molecule has 2 fully saturated rings. The van der Waals surface area contributed by atoms with Gasteiger partial charge in [-0.2, -0.15) is 0 Å². The van der Waals surface area contributed by atoms with Crippen LogP contribution in [-0.4, -0.2) is 43.9 Å². The van der Waals surface area contributed by atoms with Crippen molar-refractivity contribution in [3.63, 3.8) is 0 Å². The van der Waals surface area contributed by atoms with Crippen molar-refractivity contribution in [2.24, 2.45) is 22.2 Å². The van der Waals surface area contributed by atoms with Gasteiger partial charge in [0.05, 0.1) is 11.5 Å². The monoisotopic (exact) mass is 686 g/mol. The van der Waals surface area contributed by atoms with Crippen LogP contribution in [-0.2, 0) is 14.4 Å². The second-order valence-electron chi connectivity index (χ2n) is 15.7. The van der Waals surface area contributed by atoms with Crippen molar-refractivity contribution in [2.45, 2.75) is 120 Å². The number of hydrogen-bond donors (Lipinski definition) is 4. The first kappa shape index (κ1) is 40.5. The lowest BCUT2D eigenvalue weighted by atomic mass is 9.37. The van der Waals surface area contributed by atoms with Crippen LogP contribution in [0.25, 0.3) is 5.76 Å². The zero-order valence-corrected chi connectivity index (χ0v) is 31.6. The molecule has 0 aliphatic heterocycles. The number of carbonyl (C=O) groups is 3. The Labute approximate surface area is 298 Å². The Morgan fingerprint density at radius 1 is 0.880 bits per heavy atom. The molecule has 0 spiro atoms. The quantitative estimate of drug-likeness (QED) is 0.0383. The van der Waals surface area contributed by atoms with Gasteiger partial charge >= 0.3 is 0 Å². The Morgan fingerprint density at radius 2 is 1.48 bits per heavy atom. The summed E-state index contributed by atoms with van der Waals surface area (Å²) in [7, 11) is 0. The average molecular weight is 687 g/mol. The summed E-state index contributed by atoms with van der Waals surface area (Å²) in [6.07, 6.45) is 10.6. The van der Waals surface area contributed by atoms with Crippen molar-refractivity contribution in [3.8, 4) is 11.5 Å². The first-order valence-corrected chi connectivity index (χ1v) is 17.7. The fraction of sp³-hybridized carbons (Fsp3) is 0.512. The molecule has 2 saturated carbocycles. The largest absolute Gasteiger partial charge is 0.506 e. The lowest BCUT2D eigenvalue weighted by Crippen LogP contribution is -2.70. The third kappa shape index (κ3) is 7.83. The van der Waals surface area contributed by atoms with Crippen LogP contribution in [0.15, 0.2) is 82.5 Å². The topological polar surface area (TPSA) is 132 Å². The van der Waals surface area contributed by atoms with E-state index >= 15 is 9.59 Å². The first-order valence-electron chi connectivity index (χ1n) is 17.7. The maximum absolute atomic E-state index is 15.4. The van der Waals surface area contributed by atoms with Gasteiger partial charge in [-0.25, -0.2) is 0 Å². The second kappa shape index (κ2) is 15.9. The maximum atomic E-state index is 15.4. The summed E-state index contributed by atoms with van der Waals surface area (Å²) < 4.78 is 0. The Morgan fingerprint density at radius 3 is 2.04 bits per heavy atom. The molecule has 272 valence electrons. The summed E-state index contributed by atoms with van der Waals surface area (Å²) >= 11 is 0. The smallest absolute Gasteiger partial charge is 0.184 e. The van der Waals surface area contributed by atoms with E-state index in [2.05, 4.69) is 18.7 Å². The highest BCUT2D eigenvalue weighted by molar-refractivity contribution is 6.41. The summed E-state index contributed by atoms with van der Waals surface area (Å²) in [5.74, 6) is -3.57. The van der Waals surface area contributed by atoms with Crippen LogP contribution in [0.2, 0.25) is 0 Å². The number of hydrogen-bond acceptors (Lipinski definition) is 7. The van der Waals surface area contributed by atoms with Gasteiger partial charge in [0.15, 0.2) is 28.8 Å². The van der Waals surface area contributed by atoms with Crippen molar-refractivity contribution in [3.05, 3.63) is 88.1 Å². The molecule has 5 atom stereocenters. The van der Waals surface area contributed by atoms with E-state index in [1.165, 1.54) is 12.1 Å². The highest BCUT2D eigenvalue weighted by Crippen LogP contribution is 2.67. The molecular formula is C43H58O7. The lowest BCUT2D eigenvalue weighted by molar-refractivity contribution is -0.178. The number of aromatic hydroxyl groups is 2. The third-order valence-electron chi connectivity index (χ3n) is 11.1. The van der Waals surface area contributed by atoms with E-state index in [1.807, 2.05) is 67.5 Å². The number of benzene rings is 1. The molecule has 3 rings (SSSR count). The van der Waals surface area contributed by atoms with Crippen LogP contribution in [0.4, 0.5) is 0 Å². The summed E-state index contributed by atoms with van der Waals surface area (Å²) in [6, 6.07) is 3.64. The Balaban J connectivity index is 2.42. The van der Waals surface area contributed by atoms with Crippen molar-refractivity contribution < 1.29 is 34.8 Å². The Kier molecular flexibility index (Phi) is 12.9. The SMILES string of the molecule is C=C(C)[C@H](O)CC/C(C)=C/C[C@@H]1C[C@@]2(CC=C(C)C)C(=O)/C(=C(\O)c3ccc(O)c(O)c3)C(=O)[C@](CC=C(C)C)(C2=O)[C@@]1(C)CCC=C(C)C. The zero-order chi connectivity index (χ0) is 37.8. The predicted molar refractivity (Wildman–Crippen MR) is 201 cm³/mol. The van der Waals surface area contributed by atoms with Gasteiger partial charge in [0.25, 0.3) is 0 Å². The minimum absolute atomic E-state index is 0.00236. The van der Waals surface area contributed by atoms with Crippen LogP contribution < -0.4 is 0 Å². The van der Waals surface area contributed by atoms with Crippen molar-refractivity contribution >= 4 is 23.1 Å². The summed E-state index contributed by atoms with van der Waals surface area (Å²) in [5.41, 5.74) is 0.0973. The Hall–Kier alpha value is -3.97. The number of rotatable bonds is 14. The number of Topliss-reactive ketones (excluding diaryl/α,β-unsaturated/α-hetero) is 3. The molecule has 50 heavy (non-hydrogen) atoms. The number of phenolic OH excluding ortho intramolecular Hbond substituents is 2.